The molecule has 1 aliphatic carbocycles. The number of hydrogen-bond acceptors (Lipinski definition) is 8. The van der Waals surface area contributed by atoms with E-state index in [2.05, 4.69) is 48.2 Å². The van der Waals surface area contributed by atoms with Crippen molar-refractivity contribution in [3.8, 4) is 0 Å². The largest absolute Gasteiger partial charge is 0.351 e. The summed E-state index contributed by atoms with van der Waals surface area (Å²) in [6.45, 7) is 2.06. The molecule has 31 heavy (non-hydrogen) atoms. The first-order valence-electron chi connectivity index (χ1n) is 10.1. The van der Waals surface area contributed by atoms with E-state index >= 15 is 0 Å². The molecule has 1 unspecified atom stereocenters. The number of urea groups is 1. The maximum atomic E-state index is 11.9. The minimum absolute atomic E-state index is 0.0675. The summed E-state index contributed by atoms with van der Waals surface area (Å²) in [5.74, 6) is 0.498. The average molecular weight is 419 g/mol. The fourth-order valence-electron chi connectivity index (χ4n) is 3.33. The molecule has 3 amide bonds. The van der Waals surface area contributed by atoms with E-state index < -0.39 is 11.9 Å². The van der Waals surface area contributed by atoms with Crippen LogP contribution in [0.2, 0.25) is 0 Å². The summed E-state index contributed by atoms with van der Waals surface area (Å²) in [4.78, 5) is 37.1. The smallest absolute Gasteiger partial charge is 0.326 e. The first-order chi connectivity index (χ1) is 15.1. The third-order valence-electron chi connectivity index (χ3n) is 5.08. The third-order valence-corrected chi connectivity index (χ3v) is 5.08. The average Bonchev–Trinajstić information content (AvgIpc) is 3.41. The Balaban J connectivity index is 1.54. The molecule has 1 aliphatic heterocycles. The number of aromatic nitrogens is 5. The number of fused-ring (bicyclic) bond motifs is 1. The highest BCUT2D eigenvalue weighted by Crippen LogP contribution is 2.27. The molecule has 0 bridgehead atoms. The Hall–Kier alpha value is -4.02. The summed E-state index contributed by atoms with van der Waals surface area (Å²) in [5.41, 5.74) is 2.14. The number of pyridine rings is 1. The molecular formula is C20H21N9O2. The predicted molar refractivity (Wildman–Crippen MR) is 113 cm³/mol. The second-order valence-electron chi connectivity index (χ2n) is 7.45. The molecule has 1 saturated heterocycles. The maximum Gasteiger partial charge on any atom is 0.326 e. The van der Waals surface area contributed by atoms with Crippen molar-refractivity contribution >= 4 is 35.6 Å². The number of carbonyl (C=O) groups is 2. The molecule has 2 aliphatic rings. The molecule has 2 fully saturated rings. The summed E-state index contributed by atoms with van der Waals surface area (Å²) in [7, 11) is 0. The molecule has 3 aromatic heterocycles. The van der Waals surface area contributed by atoms with E-state index in [1.807, 2.05) is 18.2 Å². The van der Waals surface area contributed by atoms with Gasteiger partial charge in [0.25, 0.3) is 5.91 Å². The van der Waals surface area contributed by atoms with E-state index in [1.54, 1.807) is 23.0 Å². The molecule has 11 heteroatoms. The van der Waals surface area contributed by atoms with Crippen molar-refractivity contribution in [1.82, 2.24) is 35.2 Å². The maximum absolute atomic E-state index is 11.9. The van der Waals surface area contributed by atoms with Crippen LogP contribution in [0.25, 0.3) is 11.7 Å². The minimum Gasteiger partial charge on any atom is -0.351 e. The van der Waals surface area contributed by atoms with Crippen LogP contribution in [0.1, 0.15) is 43.5 Å². The third kappa shape index (κ3) is 3.89. The highest BCUT2D eigenvalue weighted by Gasteiger charge is 2.26. The topological polar surface area (TPSA) is 138 Å². The van der Waals surface area contributed by atoms with E-state index in [1.165, 1.54) is 0 Å². The highest BCUT2D eigenvalue weighted by atomic mass is 16.2. The SMILES string of the molecule is CCC(Nc1nc(NC2CC2)n2ncc(/C=C3\NC(=O)NC3=O)c2n1)c1ccccn1. The van der Waals surface area contributed by atoms with Crippen LogP contribution in [0.5, 0.6) is 0 Å². The van der Waals surface area contributed by atoms with Gasteiger partial charge in [0.1, 0.15) is 5.70 Å². The Labute approximate surface area is 177 Å². The molecule has 11 nitrogen and oxygen atoms in total. The van der Waals surface area contributed by atoms with Crippen molar-refractivity contribution < 1.29 is 9.59 Å². The van der Waals surface area contributed by atoms with Gasteiger partial charge in [0.15, 0.2) is 5.65 Å². The highest BCUT2D eigenvalue weighted by molar-refractivity contribution is 6.14. The Morgan fingerprint density at radius 3 is 2.81 bits per heavy atom. The summed E-state index contributed by atoms with van der Waals surface area (Å²) in [6, 6.07) is 5.51. The quantitative estimate of drug-likeness (QED) is 0.336. The number of amides is 3. The molecule has 1 saturated carbocycles. The van der Waals surface area contributed by atoms with Crippen molar-refractivity contribution in [3.63, 3.8) is 0 Å². The van der Waals surface area contributed by atoms with Crippen LogP contribution in [0.4, 0.5) is 16.7 Å². The first-order valence-corrected chi connectivity index (χ1v) is 10.1. The van der Waals surface area contributed by atoms with Crippen LogP contribution in [0.3, 0.4) is 0 Å². The standard InChI is InChI=1S/C20H21N9O2/c1-2-13(14-5-3-4-8-21-14)24-18-26-16-11(9-15-17(30)27-20(31)25-15)10-22-29(16)19(28-18)23-12-6-7-12/h3-5,8-10,12-13H,2,6-7H2,1H3,(H2,23,24,26,28)(H2,25,27,30,31)/b15-9-. The van der Waals surface area contributed by atoms with Gasteiger partial charge in [-0.25, -0.2) is 4.79 Å². The van der Waals surface area contributed by atoms with Gasteiger partial charge in [-0.05, 0) is 37.5 Å². The lowest BCUT2D eigenvalue weighted by molar-refractivity contribution is -0.115. The van der Waals surface area contributed by atoms with Crippen molar-refractivity contribution in [2.75, 3.05) is 10.6 Å². The van der Waals surface area contributed by atoms with Gasteiger partial charge in [-0.1, -0.05) is 13.0 Å². The summed E-state index contributed by atoms with van der Waals surface area (Å²) >= 11 is 0. The molecule has 3 aromatic rings. The van der Waals surface area contributed by atoms with Gasteiger partial charge >= 0.3 is 6.03 Å². The monoisotopic (exact) mass is 419 g/mol. The van der Waals surface area contributed by atoms with Gasteiger partial charge in [0, 0.05) is 17.8 Å². The fraction of sp³-hybridized carbons (Fsp3) is 0.300. The van der Waals surface area contributed by atoms with Crippen LogP contribution in [-0.4, -0.2) is 42.5 Å². The van der Waals surface area contributed by atoms with Crippen LogP contribution in [0.15, 0.2) is 36.3 Å². The van der Waals surface area contributed by atoms with Gasteiger partial charge in [0.05, 0.1) is 17.9 Å². The Kier molecular flexibility index (Phi) is 4.69. The number of hydrogen-bond donors (Lipinski definition) is 4. The van der Waals surface area contributed by atoms with Crippen LogP contribution >= 0.6 is 0 Å². The van der Waals surface area contributed by atoms with Crippen molar-refractivity contribution in [3.05, 3.63) is 47.5 Å². The molecule has 0 aromatic carbocycles. The number of anilines is 2. The second-order valence-corrected chi connectivity index (χ2v) is 7.45. The normalized spacial score (nSPS) is 18.2. The van der Waals surface area contributed by atoms with E-state index in [0.29, 0.717) is 29.1 Å². The van der Waals surface area contributed by atoms with Crippen LogP contribution in [-0.2, 0) is 4.79 Å². The van der Waals surface area contributed by atoms with Gasteiger partial charge in [0.2, 0.25) is 11.9 Å². The van der Waals surface area contributed by atoms with E-state index in [0.717, 1.165) is 25.0 Å². The molecular weight excluding hydrogens is 398 g/mol. The zero-order valence-corrected chi connectivity index (χ0v) is 16.8. The number of carbonyl (C=O) groups excluding carboxylic acids is 2. The molecule has 158 valence electrons. The lowest BCUT2D eigenvalue weighted by Gasteiger charge is -2.17. The second kappa shape index (κ2) is 7.67. The molecule has 0 radical (unpaired) electrons. The Bertz CT molecular complexity index is 1180. The zero-order valence-electron chi connectivity index (χ0n) is 16.8. The van der Waals surface area contributed by atoms with Gasteiger partial charge in [-0.15, -0.1) is 0 Å². The van der Waals surface area contributed by atoms with E-state index in [9.17, 15) is 9.59 Å². The molecule has 5 rings (SSSR count). The number of nitrogens with zero attached hydrogens (tertiary/aromatic N) is 5. The minimum atomic E-state index is -0.554. The summed E-state index contributed by atoms with van der Waals surface area (Å²) in [6.07, 6.45) is 7.84. The lowest BCUT2D eigenvalue weighted by Crippen LogP contribution is -2.22. The van der Waals surface area contributed by atoms with Gasteiger partial charge < -0.3 is 16.0 Å². The predicted octanol–water partition coefficient (Wildman–Crippen LogP) is 1.84. The number of nitrogens with one attached hydrogen (secondary N) is 4. The summed E-state index contributed by atoms with van der Waals surface area (Å²) < 4.78 is 1.60. The number of imide groups is 1. The lowest BCUT2D eigenvalue weighted by atomic mass is 10.1. The van der Waals surface area contributed by atoms with Crippen molar-refractivity contribution in [1.29, 1.82) is 0 Å². The van der Waals surface area contributed by atoms with Crippen molar-refractivity contribution in [2.45, 2.75) is 38.3 Å². The van der Waals surface area contributed by atoms with Gasteiger partial charge in [-0.3, -0.25) is 15.1 Å². The van der Waals surface area contributed by atoms with Crippen LogP contribution in [0, 0.1) is 0 Å². The molecule has 4 N–H and O–H groups in total. The van der Waals surface area contributed by atoms with E-state index in [4.69, 9.17) is 0 Å². The molecule has 1 atom stereocenters. The molecule has 4 heterocycles. The molecule has 0 spiro atoms. The zero-order chi connectivity index (χ0) is 21.4. The van der Waals surface area contributed by atoms with E-state index in [-0.39, 0.29) is 11.7 Å². The van der Waals surface area contributed by atoms with Crippen LogP contribution < -0.4 is 21.3 Å². The van der Waals surface area contributed by atoms with Gasteiger partial charge in [-0.2, -0.15) is 19.6 Å². The summed E-state index contributed by atoms with van der Waals surface area (Å²) in [5, 5.41) is 15.8. The fourth-order valence-corrected chi connectivity index (χ4v) is 3.33. The first kappa shape index (κ1) is 19.0. The Morgan fingerprint density at radius 1 is 1.26 bits per heavy atom. The van der Waals surface area contributed by atoms with Crippen molar-refractivity contribution in [2.24, 2.45) is 0 Å². The number of rotatable bonds is 7. The Morgan fingerprint density at radius 2 is 2.13 bits per heavy atom.